The fraction of sp³-hybridized carbons (Fsp3) is 0.294. The van der Waals surface area contributed by atoms with E-state index in [-0.39, 0.29) is 5.56 Å². The molecule has 0 bridgehead atoms. The number of hydrogen-bond donors (Lipinski definition) is 0. The highest BCUT2D eigenvalue weighted by atomic mass is 32.1. The van der Waals surface area contributed by atoms with Gasteiger partial charge >= 0.3 is 0 Å². The third-order valence-corrected chi connectivity index (χ3v) is 4.84. The number of morpholine rings is 1. The van der Waals surface area contributed by atoms with Crippen molar-refractivity contribution in [2.24, 2.45) is 0 Å². The van der Waals surface area contributed by atoms with Crippen molar-refractivity contribution >= 4 is 16.3 Å². The lowest BCUT2D eigenvalue weighted by atomic mass is 10.2. The second-order valence-electron chi connectivity index (χ2n) is 5.58. The number of benzene rings is 1. The van der Waals surface area contributed by atoms with Crippen molar-refractivity contribution in [3.05, 3.63) is 57.8 Å². The van der Waals surface area contributed by atoms with Crippen LogP contribution < -0.4 is 5.56 Å². The summed E-state index contributed by atoms with van der Waals surface area (Å²) >= 11 is 1.51. The molecule has 0 N–H and O–H groups in total. The number of rotatable bonds is 3. The molecule has 1 saturated heterocycles. The van der Waals surface area contributed by atoms with E-state index in [1.807, 2.05) is 35.7 Å². The molecule has 3 aromatic rings. The SMILES string of the molecule is O=c1cc(CN2CCOCC2)nc2scc(-c3ccccc3)n12. The Labute approximate surface area is 137 Å². The zero-order chi connectivity index (χ0) is 15.6. The van der Waals surface area contributed by atoms with E-state index >= 15 is 0 Å². The first-order valence-electron chi connectivity index (χ1n) is 7.67. The topological polar surface area (TPSA) is 46.8 Å². The highest BCUT2D eigenvalue weighted by Gasteiger charge is 2.14. The summed E-state index contributed by atoms with van der Waals surface area (Å²) in [6.45, 7) is 3.98. The molecule has 0 saturated carbocycles. The Balaban J connectivity index is 1.71. The Morgan fingerprint density at radius 3 is 2.74 bits per heavy atom. The third-order valence-electron chi connectivity index (χ3n) is 4.02. The van der Waals surface area contributed by atoms with E-state index in [9.17, 15) is 4.79 Å². The van der Waals surface area contributed by atoms with Gasteiger partial charge in [-0.05, 0) is 5.56 Å². The van der Waals surface area contributed by atoms with Crippen LogP contribution in [-0.2, 0) is 11.3 Å². The Hall–Kier alpha value is -2.02. The number of thiazole rings is 1. The molecule has 5 nitrogen and oxygen atoms in total. The van der Waals surface area contributed by atoms with Gasteiger partial charge in [0.2, 0.25) is 0 Å². The molecule has 0 aliphatic carbocycles. The fourth-order valence-corrected chi connectivity index (χ4v) is 3.77. The van der Waals surface area contributed by atoms with Crippen LogP contribution in [0.15, 0.2) is 46.6 Å². The molecule has 6 heteroatoms. The number of nitrogens with zero attached hydrogens (tertiary/aromatic N) is 3. The van der Waals surface area contributed by atoms with Gasteiger partial charge in [-0.25, -0.2) is 4.98 Å². The zero-order valence-electron chi connectivity index (χ0n) is 12.6. The van der Waals surface area contributed by atoms with Gasteiger partial charge in [-0.2, -0.15) is 0 Å². The Kier molecular flexibility index (Phi) is 3.95. The summed E-state index contributed by atoms with van der Waals surface area (Å²) in [6.07, 6.45) is 0. The van der Waals surface area contributed by atoms with Gasteiger partial charge in [0.25, 0.3) is 5.56 Å². The van der Waals surface area contributed by atoms with Gasteiger partial charge in [-0.1, -0.05) is 30.3 Å². The van der Waals surface area contributed by atoms with Crippen LogP contribution in [0.2, 0.25) is 0 Å². The zero-order valence-corrected chi connectivity index (χ0v) is 13.5. The summed E-state index contributed by atoms with van der Waals surface area (Å²) in [6, 6.07) is 11.6. The maximum absolute atomic E-state index is 12.6. The average Bonchev–Trinajstić information content (AvgIpc) is 3.01. The summed E-state index contributed by atoms with van der Waals surface area (Å²) in [5, 5.41) is 2.00. The van der Waals surface area contributed by atoms with E-state index in [1.54, 1.807) is 10.5 Å². The summed E-state index contributed by atoms with van der Waals surface area (Å²) in [5.41, 5.74) is 2.75. The third kappa shape index (κ3) is 2.93. The van der Waals surface area contributed by atoms with E-state index in [4.69, 9.17) is 4.74 Å². The van der Waals surface area contributed by atoms with E-state index in [2.05, 4.69) is 9.88 Å². The molecule has 4 rings (SSSR count). The van der Waals surface area contributed by atoms with Crippen molar-refractivity contribution in [2.75, 3.05) is 26.3 Å². The summed E-state index contributed by atoms with van der Waals surface area (Å²) < 4.78 is 7.06. The summed E-state index contributed by atoms with van der Waals surface area (Å²) in [4.78, 5) is 20.3. The second kappa shape index (κ2) is 6.23. The molecule has 1 aliphatic heterocycles. The molecule has 118 valence electrons. The van der Waals surface area contributed by atoms with E-state index in [1.165, 1.54) is 11.3 Å². The second-order valence-corrected chi connectivity index (χ2v) is 6.42. The fourth-order valence-electron chi connectivity index (χ4n) is 2.84. The standard InChI is InChI=1S/C17H17N3O2S/c21-16-10-14(11-19-6-8-22-9-7-19)18-17-20(16)15(12-23-17)13-4-2-1-3-5-13/h1-5,10,12H,6-9,11H2. The van der Waals surface area contributed by atoms with Crippen LogP contribution in [0.25, 0.3) is 16.2 Å². The minimum atomic E-state index is -0.0154. The molecule has 3 heterocycles. The van der Waals surface area contributed by atoms with Crippen molar-refractivity contribution in [3.8, 4) is 11.3 Å². The summed E-state index contributed by atoms with van der Waals surface area (Å²) in [7, 11) is 0. The molecule has 0 atom stereocenters. The molecular weight excluding hydrogens is 310 g/mol. The van der Waals surface area contributed by atoms with E-state index in [0.717, 1.165) is 48.2 Å². The van der Waals surface area contributed by atoms with Gasteiger partial charge < -0.3 is 4.74 Å². The molecule has 0 spiro atoms. The molecule has 23 heavy (non-hydrogen) atoms. The van der Waals surface area contributed by atoms with Gasteiger partial charge in [0.1, 0.15) is 0 Å². The molecule has 1 aliphatic rings. The van der Waals surface area contributed by atoms with Crippen molar-refractivity contribution in [1.82, 2.24) is 14.3 Å². The first-order chi connectivity index (χ1) is 11.3. The van der Waals surface area contributed by atoms with Crippen LogP contribution >= 0.6 is 11.3 Å². The van der Waals surface area contributed by atoms with Gasteiger partial charge in [0.15, 0.2) is 4.96 Å². The van der Waals surface area contributed by atoms with E-state index in [0.29, 0.717) is 6.54 Å². The van der Waals surface area contributed by atoms with Crippen LogP contribution in [0, 0.1) is 0 Å². The lowest BCUT2D eigenvalue weighted by molar-refractivity contribution is 0.0336. The largest absolute Gasteiger partial charge is 0.379 e. The normalized spacial score (nSPS) is 16.0. The molecule has 2 aromatic heterocycles. The average molecular weight is 327 g/mol. The number of ether oxygens (including phenoxy) is 1. The van der Waals surface area contributed by atoms with Gasteiger partial charge in [0, 0.05) is 31.1 Å². The molecule has 1 fully saturated rings. The smallest absolute Gasteiger partial charge is 0.259 e. The van der Waals surface area contributed by atoms with Crippen LogP contribution in [0.4, 0.5) is 0 Å². The van der Waals surface area contributed by atoms with Crippen LogP contribution in [-0.4, -0.2) is 40.6 Å². The van der Waals surface area contributed by atoms with Crippen LogP contribution in [0.3, 0.4) is 0 Å². The van der Waals surface area contributed by atoms with Gasteiger partial charge in [0.05, 0.1) is 24.6 Å². The number of hydrogen-bond acceptors (Lipinski definition) is 5. The Morgan fingerprint density at radius 2 is 1.96 bits per heavy atom. The minimum Gasteiger partial charge on any atom is -0.379 e. The highest BCUT2D eigenvalue weighted by Crippen LogP contribution is 2.23. The first-order valence-corrected chi connectivity index (χ1v) is 8.55. The monoisotopic (exact) mass is 327 g/mol. The van der Waals surface area contributed by atoms with Crippen molar-refractivity contribution in [2.45, 2.75) is 6.54 Å². The van der Waals surface area contributed by atoms with Gasteiger partial charge in [-0.15, -0.1) is 11.3 Å². The Bertz CT molecular complexity index is 866. The lowest BCUT2D eigenvalue weighted by Gasteiger charge is -2.25. The molecule has 0 radical (unpaired) electrons. The predicted octanol–water partition coefficient (Wildman–Crippen LogP) is 2.26. The lowest BCUT2D eigenvalue weighted by Crippen LogP contribution is -2.36. The van der Waals surface area contributed by atoms with Crippen molar-refractivity contribution in [1.29, 1.82) is 0 Å². The maximum atomic E-state index is 12.6. The van der Waals surface area contributed by atoms with Gasteiger partial charge in [-0.3, -0.25) is 14.1 Å². The minimum absolute atomic E-state index is 0.0154. The quantitative estimate of drug-likeness (QED) is 0.740. The molecular formula is C17H17N3O2S. The molecule has 0 amide bonds. The number of fused-ring (bicyclic) bond motifs is 1. The molecule has 1 aromatic carbocycles. The van der Waals surface area contributed by atoms with Crippen LogP contribution in [0.1, 0.15) is 5.69 Å². The van der Waals surface area contributed by atoms with Crippen molar-refractivity contribution < 1.29 is 4.74 Å². The predicted molar refractivity (Wildman–Crippen MR) is 90.9 cm³/mol. The molecule has 0 unspecified atom stereocenters. The Morgan fingerprint density at radius 1 is 1.17 bits per heavy atom. The summed E-state index contributed by atoms with van der Waals surface area (Å²) in [5.74, 6) is 0. The van der Waals surface area contributed by atoms with Crippen LogP contribution in [0.5, 0.6) is 0 Å². The maximum Gasteiger partial charge on any atom is 0.259 e. The number of aromatic nitrogens is 2. The highest BCUT2D eigenvalue weighted by molar-refractivity contribution is 7.15. The first kappa shape index (κ1) is 14.6. The van der Waals surface area contributed by atoms with E-state index < -0.39 is 0 Å². The van der Waals surface area contributed by atoms with Crippen molar-refractivity contribution in [3.63, 3.8) is 0 Å².